The van der Waals surface area contributed by atoms with Crippen molar-refractivity contribution in [2.45, 2.75) is 12.6 Å². The molecule has 2 rings (SSSR count). The van der Waals surface area contributed by atoms with Gasteiger partial charge in [0.2, 0.25) is 0 Å². The lowest BCUT2D eigenvalue weighted by atomic mass is 10.1. The fourth-order valence-electron chi connectivity index (χ4n) is 0.975. The minimum atomic E-state index is -2.74. The number of aliphatic hydroxyl groups is 1. The van der Waals surface area contributed by atoms with Crippen molar-refractivity contribution < 1.29 is 10.6 Å². The van der Waals surface area contributed by atoms with E-state index in [1.54, 1.807) is 0 Å². The van der Waals surface area contributed by atoms with Crippen LogP contribution in [-0.4, -0.2) is 25.3 Å². The molecule has 6 heteroatoms. The molecule has 0 amide bonds. The van der Waals surface area contributed by atoms with Crippen molar-refractivity contribution in [3.63, 3.8) is 0 Å². The molecule has 0 aliphatic rings. The van der Waals surface area contributed by atoms with Crippen LogP contribution in [0.25, 0.3) is 0 Å². The first-order chi connectivity index (χ1) is 8.76. The molecule has 5 nitrogen and oxygen atoms in total. The smallest absolute Gasteiger partial charge is 0.162 e. The highest BCUT2D eigenvalue weighted by molar-refractivity contribution is 6.31. The maximum atomic E-state index is 10.2. The Morgan fingerprint density at radius 1 is 1.73 bits per heavy atom. The Hall–Kier alpha value is -1.46. The van der Waals surface area contributed by atoms with Crippen molar-refractivity contribution in [2.75, 3.05) is 0 Å². The molecule has 0 saturated carbocycles. The van der Waals surface area contributed by atoms with Gasteiger partial charge in [0, 0.05) is 10.6 Å². The molecular formula is C9H9ClN4O. The number of aromatic nitrogens is 4. The Morgan fingerprint density at radius 3 is 3.27 bits per heavy atom. The zero-order valence-electron chi connectivity index (χ0n) is 11.4. The van der Waals surface area contributed by atoms with Gasteiger partial charge in [-0.05, 0) is 11.3 Å². The summed E-state index contributed by atoms with van der Waals surface area (Å²) in [5, 5.41) is 20.3. The fraction of sp³-hybridized carbons (Fsp3) is 0.222. The average Bonchev–Trinajstić information content (AvgIpc) is 2.81. The monoisotopic (exact) mass is 228 g/mol. The number of rotatable bonds is 3. The minimum Gasteiger partial charge on any atom is -0.386 e. The summed E-state index contributed by atoms with van der Waals surface area (Å²) < 4.78 is 30.8. The molecule has 0 aliphatic heterocycles. The van der Waals surface area contributed by atoms with Crippen LogP contribution in [0, 0.1) is 0 Å². The number of tetrazole rings is 1. The predicted octanol–water partition coefficient (Wildman–Crippen LogP) is 1.06. The van der Waals surface area contributed by atoms with Crippen LogP contribution < -0.4 is 0 Å². The van der Waals surface area contributed by atoms with E-state index in [0.29, 0.717) is 4.80 Å². The molecule has 0 fully saturated rings. The first-order valence-corrected chi connectivity index (χ1v) is 4.37. The third-order valence-electron chi connectivity index (χ3n) is 1.62. The molecule has 1 unspecified atom stereocenters. The second-order valence-corrected chi connectivity index (χ2v) is 3.00. The second kappa shape index (κ2) is 4.37. The van der Waals surface area contributed by atoms with Gasteiger partial charge < -0.3 is 5.11 Å². The molecule has 1 aromatic carbocycles. The van der Waals surface area contributed by atoms with Crippen molar-refractivity contribution in [2.24, 2.45) is 0 Å². The van der Waals surface area contributed by atoms with E-state index in [2.05, 4.69) is 15.4 Å². The molecule has 1 aromatic heterocycles. The quantitative estimate of drug-likeness (QED) is 0.853. The summed E-state index contributed by atoms with van der Waals surface area (Å²) in [6.45, 7) is -2.68. The van der Waals surface area contributed by atoms with E-state index in [1.807, 2.05) is 0 Å². The van der Waals surface area contributed by atoms with E-state index in [9.17, 15) is 5.11 Å². The molecule has 15 heavy (non-hydrogen) atoms. The van der Waals surface area contributed by atoms with E-state index in [-0.39, 0.29) is 16.6 Å². The molecule has 78 valence electrons. The normalized spacial score (nSPS) is 19.6. The summed E-state index contributed by atoms with van der Waals surface area (Å²) in [5.74, 6) is 0. The molecule has 0 saturated heterocycles. The SMILES string of the molecule is [2H]c1ccc(C([2H])(O)C([2H])([2H])n2ncnn2)c(Cl)c1. The molecule has 0 bridgehead atoms. The lowest BCUT2D eigenvalue weighted by Gasteiger charge is -2.10. The van der Waals surface area contributed by atoms with Crippen LogP contribution in [0.2, 0.25) is 5.02 Å². The van der Waals surface area contributed by atoms with Gasteiger partial charge in [-0.1, -0.05) is 29.8 Å². The van der Waals surface area contributed by atoms with Gasteiger partial charge in [-0.3, -0.25) is 0 Å². The number of halogens is 1. The third-order valence-corrected chi connectivity index (χ3v) is 1.94. The van der Waals surface area contributed by atoms with Crippen LogP contribution in [0.1, 0.15) is 17.1 Å². The summed E-state index contributed by atoms with van der Waals surface area (Å²) in [6, 6.07) is 3.81. The molecule has 0 radical (unpaired) electrons. The fourth-order valence-corrected chi connectivity index (χ4v) is 1.19. The van der Waals surface area contributed by atoms with Gasteiger partial charge in [0.15, 0.2) is 6.33 Å². The van der Waals surface area contributed by atoms with Gasteiger partial charge in [0.25, 0.3) is 0 Å². The predicted molar refractivity (Wildman–Crippen MR) is 54.2 cm³/mol. The van der Waals surface area contributed by atoms with Crippen LogP contribution in [0.3, 0.4) is 0 Å². The van der Waals surface area contributed by atoms with Crippen LogP contribution in [-0.2, 0) is 6.50 Å². The van der Waals surface area contributed by atoms with Gasteiger partial charge in [-0.25, -0.2) is 0 Å². The number of benzene rings is 1. The Labute approximate surface area is 96.9 Å². The number of hydrogen-bond acceptors (Lipinski definition) is 4. The summed E-state index contributed by atoms with van der Waals surface area (Å²) in [7, 11) is 0. The molecular weight excluding hydrogens is 216 g/mol. The number of nitrogens with zero attached hydrogens (tertiary/aromatic N) is 4. The van der Waals surface area contributed by atoms with Gasteiger partial charge in [0.1, 0.15) is 6.08 Å². The maximum absolute atomic E-state index is 10.2. The van der Waals surface area contributed by atoms with Gasteiger partial charge >= 0.3 is 0 Å². The van der Waals surface area contributed by atoms with Gasteiger partial charge in [0.05, 0.1) is 12.0 Å². The molecule has 0 spiro atoms. The zero-order chi connectivity index (χ0) is 14.3. The van der Waals surface area contributed by atoms with Gasteiger partial charge in [-0.2, -0.15) is 4.80 Å². The topological polar surface area (TPSA) is 63.8 Å². The molecule has 1 heterocycles. The molecule has 0 aliphatic carbocycles. The van der Waals surface area contributed by atoms with Crippen molar-refractivity contribution in [1.82, 2.24) is 20.2 Å². The Balaban J connectivity index is 2.52. The third kappa shape index (κ3) is 2.31. The zero-order valence-corrected chi connectivity index (χ0v) is 8.18. The lowest BCUT2D eigenvalue weighted by molar-refractivity contribution is 0.144. The van der Waals surface area contributed by atoms with E-state index < -0.39 is 12.6 Å². The number of hydrogen-bond donors (Lipinski definition) is 1. The lowest BCUT2D eigenvalue weighted by Crippen LogP contribution is -2.11. The Morgan fingerprint density at radius 2 is 2.60 bits per heavy atom. The summed E-state index contributed by atoms with van der Waals surface area (Å²) in [5.41, 5.74) is -0.188. The molecule has 1 atom stereocenters. The van der Waals surface area contributed by atoms with Crippen LogP contribution in [0.4, 0.5) is 0 Å². The van der Waals surface area contributed by atoms with E-state index in [0.717, 1.165) is 6.33 Å². The van der Waals surface area contributed by atoms with E-state index in [1.165, 1.54) is 18.2 Å². The first-order valence-electron chi connectivity index (χ1n) is 5.99. The molecule has 1 N–H and O–H groups in total. The summed E-state index contributed by atoms with van der Waals surface area (Å²) >= 11 is 5.85. The summed E-state index contributed by atoms with van der Waals surface area (Å²) in [6.07, 6.45) is -1.75. The van der Waals surface area contributed by atoms with Crippen molar-refractivity contribution >= 4 is 11.6 Å². The minimum absolute atomic E-state index is 0.0870. The first kappa shape index (κ1) is 6.19. The van der Waals surface area contributed by atoms with Crippen molar-refractivity contribution in [3.8, 4) is 0 Å². The standard InChI is InChI=1S/C9H9ClN4O/c10-8-4-2-1-3-7(8)9(15)5-14-12-6-11-13-14/h1-4,6,9,15H,5H2/i2D,5D2,9D. The van der Waals surface area contributed by atoms with Crippen molar-refractivity contribution in [3.05, 3.63) is 41.2 Å². The highest BCUT2D eigenvalue weighted by Crippen LogP contribution is 2.22. The highest BCUT2D eigenvalue weighted by atomic mass is 35.5. The molecule has 2 aromatic rings. The van der Waals surface area contributed by atoms with E-state index >= 15 is 0 Å². The van der Waals surface area contributed by atoms with Crippen LogP contribution in [0.5, 0.6) is 0 Å². The van der Waals surface area contributed by atoms with E-state index in [4.69, 9.17) is 17.1 Å². The van der Waals surface area contributed by atoms with Crippen molar-refractivity contribution in [1.29, 1.82) is 0 Å². The maximum Gasteiger partial charge on any atom is 0.162 e. The van der Waals surface area contributed by atoms with Crippen LogP contribution >= 0.6 is 11.6 Å². The Bertz CT molecular complexity index is 590. The van der Waals surface area contributed by atoms with Crippen LogP contribution in [0.15, 0.2) is 30.6 Å². The highest BCUT2D eigenvalue weighted by Gasteiger charge is 2.12. The average molecular weight is 229 g/mol. The summed E-state index contributed by atoms with van der Waals surface area (Å²) in [4.78, 5) is 0.491. The largest absolute Gasteiger partial charge is 0.386 e. The second-order valence-electron chi connectivity index (χ2n) is 2.59. The van der Waals surface area contributed by atoms with Gasteiger partial charge in [-0.15, -0.1) is 10.2 Å². The Kier molecular flexibility index (Phi) is 1.81.